The van der Waals surface area contributed by atoms with Gasteiger partial charge in [0.05, 0.1) is 6.04 Å². The summed E-state index contributed by atoms with van der Waals surface area (Å²) in [6, 6.07) is 18.3. The number of amides is 1. The van der Waals surface area contributed by atoms with Crippen LogP contribution in [0, 0.1) is 0 Å². The Kier molecular flexibility index (Phi) is 3.75. The zero-order valence-corrected chi connectivity index (χ0v) is 11.9. The van der Waals surface area contributed by atoms with Gasteiger partial charge in [-0.1, -0.05) is 48.5 Å². The average Bonchev–Trinajstić information content (AvgIpc) is 2.54. The third-order valence-corrected chi connectivity index (χ3v) is 4.05. The van der Waals surface area contributed by atoms with Crippen molar-refractivity contribution in [2.24, 2.45) is 0 Å². The molecule has 20 heavy (non-hydrogen) atoms. The van der Waals surface area contributed by atoms with E-state index in [1.807, 2.05) is 41.3 Å². The first-order valence-corrected chi connectivity index (χ1v) is 7.35. The highest BCUT2D eigenvalue weighted by Crippen LogP contribution is 2.38. The smallest absolute Gasteiger partial charge is 0.242 e. The maximum atomic E-state index is 12.3. The average molecular weight is 286 g/mol. The van der Waals surface area contributed by atoms with E-state index in [0.29, 0.717) is 0 Å². The van der Waals surface area contributed by atoms with E-state index in [4.69, 9.17) is 11.6 Å². The first-order chi connectivity index (χ1) is 9.81. The molecule has 2 nitrogen and oxygen atoms in total. The van der Waals surface area contributed by atoms with Gasteiger partial charge in [0.2, 0.25) is 5.91 Å². The summed E-state index contributed by atoms with van der Waals surface area (Å²) in [4.78, 5) is 14.2. The summed E-state index contributed by atoms with van der Waals surface area (Å²) in [6.07, 6.45) is 1.92. The molecule has 1 aliphatic rings. The predicted molar refractivity (Wildman–Crippen MR) is 82.2 cm³/mol. The Bertz CT molecular complexity index is 611. The second-order valence-electron chi connectivity index (χ2n) is 4.99. The molecule has 3 rings (SSSR count). The maximum absolute atomic E-state index is 12.3. The first-order valence-electron chi connectivity index (χ1n) is 6.82. The van der Waals surface area contributed by atoms with E-state index < -0.39 is 0 Å². The molecule has 0 aliphatic carbocycles. The molecule has 0 aromatic heterocycles. The Balaban J connectivity index is 2.06. The molecule has 0 N–H and O–H groups in total. The number of para-hydroxylation sites is 1. The number of rotatable bonds is 2. The molecule has 1 heterocycles. The summed E-state index contributed by atoms with van der Waals surface area (Å²) >= 11 is 5.81. The van der Waals surface area contributed by atoms with Crippen LogP contribution in [0.5, 0.6) is 0 Å². The second kappa shape index (κ2) is 5.68. The Morgan fingerprint density at radius 1 is 1.10 bits per heavy atom. The van der Waals surface area contributed by atoms with Crippen LogP contribution >= 0.6 is 11.6 Å². The molecule has 3 heteroatoms. The van der Waals surface area contributed by atoms with Crippen molar-refractivity contribution < 1.29 is 4.79 Å². The number of hydrogen-bond acceptors (Lipinski definition) is 1. The van der Waals surface area contributed by atoms with E-state index in [2.05, 4.69) is 18.2 Å². The zero-order chi connectivity index (χ0) is 13.9. The van der Waals surface area contributed by atoms with Crippen molar-refractivity contribution >= 4 is 23.2 Å². The molecule has 0 saturated heterocycles. The quantitative estimate of drug-likeness (QED) is 0.765. The van der Waals surface area contributed by atoms with Crippen LogP contribution in [-0.4, -0.2) is 11.8 Å². The summed E-state index contributed by atoms with van der Waals surface area (Å²) in [5, 5.41) is 0. The number of hydrogen-bond donors (Lipinski definition) is 0. The molecule has 0 fully saturated rings. The normalized spacial score (nSPS) is 17.6. The molecule has 2 aromatic carbocycles. The number of aryl methyl sites for hydroxylation is 1. The molecule has 1 aliphatic heterocycles. The number of alkyl halides is 1. The zero-order valence-electron chi connectivity index (χ0n) is 11.1. The van der Waals surface area contributed by atoms with Gasteiger partial charge in [0, 0.05) is 5.69 Å². The van der Waals surface area contributed by atoms with Crippen LogP contribution < -0.4 is 4.90 Å². The fraction of sp³-hybridized carbons (Fsp3) is 0.235. The van der Waals surface area contributed by atoms with Gasteiger partial charge in [0.25, 0.3) is 0 Å². The third-order valence-electron chi connectivity index (χ3n) is 3.82. The largest absolute Gasteiger partial charge is 0.304 e. The number of fused-ring (bicyclic) bond motifs is 1. The molecule has 1 amide bonds. The third kappa shape index (κ3) is 2.32. The van der Waals surface area contributed by atoms with Crippen LogP contribution in [-0.2, 0) is 11.2 Å². The Morgan fingerprint density at radius 2 is 1.80 bits per heavy atom. The standard InChI is InChI=1S/C17H16ClNO/c18-12-17(20)19-15-9-5-4-8-14(15)10-11-16(19)13-6-2-1-3-7-13/h1-9,16H,10-12H2. The van der Waals surface area contributed by atoms with Gasteiger partial charge in [-0.15, -0.1) is 11.6 Å². The minimum atomic E-state index is -0.0346. The molecule has 0 radical (unpaired) electrons. The van der Waals surface area contributed by atoms with E-state index in [9.17, 15) is 4.79 Å². The van der Waals surface area contributed by atoms with Crippen molar-refractivity contribution in [1.29, 1.82) is 0 Å². The molecular formula is C17H16ClNO. The van der Waals surface area contributed by atoms with Crippen molar-refractivity contribution in [1.82, 2.24) is 0 Å². The summed E-state index contributed by atoms with van der Waals surface area (Å²) in [5.74, 6) is -0.0230. The van der Waals surface area contributed by atoms with Gasteiger partial charge >= 0.3 is 0 Å². The highest BCUT2D eigenvalue weighted by atomic mass is 35.5. The number of halogens is 1. The Hall–Kier alpha value is -1.80. The van der Waals surface area contributed by atoms with Crippen molar-refractivity contribution in [3.63, 3.8) is 0 Å². The Labute approximate surface area is 124 Å². The molecule has 102 valence electrons. The second-order valence-corrected chi connectivity index (χ2v) is 5.26. The monoisotopic (exact) mass is 285 g/mol. The van der Waals surface area contributed by atoms with E-state index in [1.165, 1.54) is 11.1 Å². The predicted octanol–water partition coefficient (Wildman–Crippen LogP) is 3.95. The number of benzene rings is 2. The Morgan fingerprint density at radius 3 is 2.55 bits per heavy atom. The van der Waals surface area contributed by atoms with Crippen LogP contribution in [0.15, 0.2) is 54.6 Å². The van der Waals surface area contributed by atoms with Gasteiger partial charge < -0.3 is 4.90 Å². The highest BCUT2D eigenvalue weighted by molar-refractivity contribution is 6.29. The van der Waals surface area contributed by atoms with Crippen molar-refractivity contribution in [2.45, 2.75) is 18.9 Å². The van der Waals surface area contributed by atoms with Crippen LogP contribution in [0.25, 0.3) is 0 Å². The summed E-state index contributed by atoms with van der Waals surface area (Å²) in [7, 11) is 0. The summed E-state index contributed by atoms with van der Waals surface area (Å²) in [5.41, 5.74) is 3.39. The molecule has 0 spiro atoms. The molecule has 1 atom stereocenters. The lowest BCUT2D eigenvalue weighted by molar-refractivity contribution is -0.116. The number of carbonyl (C=O) groups excluding carboxylic acids is 1. The van der Waals surface area contributed by atoms with Gasteiger partial charge in [0.1, 0.15) is 5.88 Å². The first kappa shape index (κ1) is 13.2. The lowest BCUT2D eigenvalue weighted by atomic mass is 9.91. The van der Waals surface area contributed by atoms with E-state index >= 15 is 0 Å². The number of carbonyl (C=O) groups is 1. The summed E-state index contributed by atoms with van der Waals surface area (Å²) < 4.78 is 0. The van der Waals surface area contributed by atoms with E-state index in [1.54, 1.807) is 0 Å². The van der Waals surface area contributed by atoms with E-state index in [-0.39, 0.29) is 17.8 Å². The SMILES string of the molecule is O=C(CCl)N1c2ccccc2CCC1c1ccccc1. The van der Waals surface area contributed by atoms with Crippen molar-refractivity contribution in [2.75, 3.05) is 10.8 Å². The fourth-order valence-electron chi connectivity index (χ4n) is 2.91. The molecular weight excluding hydrogens is 270 g/mol. The lowest BCUT2D eigenvalue weighted by Crippen LogP contribution is -2.39. The highest BCUT2D eigenvalue weighted by Gasteiger charge is 2.31. The van der Waals surface area contributed by atoms with Crippen LogP contribution in [0.4, 0.5) is 5.69 Å². The minimum absolute atomic E-state index is 0.0116. The summed E-state index contributed by atoms with van der Waals surface area (Å²) in [6.45, 7) is 0. The van der Waals surface area contributed by atoms with Gasteiger partial charge in [-0.2, -0.15) is 0 Å². The van der Waals surface area contributed by atoms with Crippen molar-refractivity contribution in [3.8, 4) is 0 Å². The van der Waals surface area contributed by atoms with Gasteiger partial charge in [-0.05, 0) is 30.0 Å². The van der Waals surface area contributed by atoms with Gasteiger partial charge in [-0.3, -0.25) is 4.79 Å². The fourth-order valence-corrected chi connectivity index (χ4v) is 3.04. The molecule has 1 unspecified atom stereocenters. The van der Waals surface area contributed by atoms with Crippen molar-refractivity contribution in [3.05, 3.63) is 65.7 Å². The number of nitrogens with zero attached hydrogens (tertiary/aromatic N) is 1. The maximum Gasteiger partial charge on any atom is 0.242 e. The van der Waals surface area contributed by atoms with Crippen LogP contribution in [0.3, 0.4) is 0 Å². The topological polar surface area (TPSA) is 20.3 Å². The lowest BCUT2D eigenvalue weighted by Gasteiger charge is -2.37. The minimum Gasteiger partial charge on any atom is -0.304 e. The molecule has 0 bridgehead atoms. The van der Waals surface area contributed by atoms with Gasteiger partial charge in [0.15, 0.2) is 0 Å². The molecule has 0 saturated carbocycles. The van der Waals surface area contributed by atoms with Crippen LogP contribution in [0.2, 0.25) is 0 Å². The molecule has 2 aromatic rings. The van der Waals surface area contributed by atoms with Crippen LogP contribution in [0.1, 0.15) is 23.6 Å². The van der Waals surface area contributed by atoms with E-state index in [0.717, 1.165) is 18.5 Å². The number of anilines is 1. The van der Waals surface area contributed by atoms with Gasteiger partial charge in [-0.25, -0.2) is 0 Å².